The van der Waals surface area contributed by atoms with Gasteiger partial charge in [-0.15, -0.1) is 0 Å². The van der Waals surface area contributed by atoms with Crippen molar-refractivity contribution in [2.24, 2.45) is 0 Å². The van der Waals surface area contributed by atoms with Crippen LogP contribution in [0.5, 0.6) is 0 Å². The zero-order chi connectivity index (χ0) is 21.8. The van der Waals surface area contributed by atoms with Crippen molar-refractivity contribution in [2.75, 3.05) is 0 Å². The quantitative estimate of drug-likeness (QED) is 0.146. The van der Waals surface area contributed by atoms with Crippen LogP contribution >= 0.6 is 0 Å². The largest absolute Gasteiger partial charge is 1.00 e. The molecule has 0 aliphatic carbocycles. The second-order valence-corrected chi connectivity index (χ2v) is 10.5. The molecule has 0 aromatic rings. The van der Waals surface area contributed by atoms with Crippen molar-refractivity contribution in [3.63, 3.8) is 0 Å². The molecule has 0 amide bonds. The van der Waals surface area contributed by atoms with Crippen LogP contribution < -0.4 is 51.4 Å². The van der Waals surface area contributed by atoms with Gasteiger partial charge in [-0.25, -0.2) is 8.42 Å². The van der Waals surface area contributed by atoms with Crippen LogP contribution in [0, 0.1) is 0 Å². The van der Waals surface area contributed by atoms with E-state index in [4.69, 9.17) is 0 Å². The fourth-order valence-corrected chi connectivity index (χ4v) is 4.89. The van der Waals surface area contributed by atoms with Crippen molar-refractivity contribution in [2.45, 2.75) is 154 Å². The molecule has 0 saturated heterocycles. The maximum absolute atomic E-state index is 11.0. The number of aliphatic hydroxyl groups excluding tert-OH is 1. The van der Waals surface area contributed by atoms with Crippen molar-refractivity contribution < 1.29 is 69.5 Å². The summed E-state index contributed by atoms with van der Waals surface area (Å²) in [6.45, 7) is 4.01. The molecule has 0 aliphatic rings. The van der Waals surface area contributed by atoms with Crippen molar-refractivity contribution in [1.82, 2.24) is 0 Å². The molecule has 0 bridgehead atoms. The minimum atomic E-state index is -4.11. The Kier molecular flexibility index (Phi) is 26.6. The summed E-state index contributed by atoms with van der Waals surface area (Å²) in [5, 5.41) is 9.32. The fourth-order valence-electron chi connectivity index (χ4n) is 4.02. The van der Waals surface area contributed by atoms with Gasteiger partial charge in [-0.3, -0.25) is 0 Å². The normalized spacial score (nSPS) is 13.7. The second-order valence-electron chi connectivity index (χ2n) is 8.85. The summed E-state index contributed by atoms with van der Waals surface area (Å²) in [6, 6.07) is 0. The van der Waals surface area contributed by atoms with Crippen LogP contribution in [0.4, 0.5) is 0 Å². The SMILES string of the molecule is CCCCCCCC(O)CCCCCCCCCCCCCC(CC)S(=O)(=O)[O-].[K+]. The molecule has 30 heavy (non-hydrogen) atoms. The number of hydrogen-bond donors (Lipinski definition) is 1. The molecular weight excluding hydrogens is 423 g/mol. The molecule has 0 saturated carbocycles. The molecule has 1 N–H and O–H groups in total. The summed E-state index contributed by atoms with van der Waals surface area (Å²) in [7, 11) is -4.11. The summed E-state index contributed by atoms with van der Waals surface area (Å²) in [6.07, 6.45) is 22.3. The Morgan fingerprint density at radius 3 is 1.30 bits per heavy atom. The van der Waals surface area contributed by atoms with Gasteiger partial charge in [0.1, 0.15) is 0 Å². The fraction of sp³-hybridized carbons (Fsp3) is 1.00. The van der Waals surface area contributed by atoms with Crippen LogP contribution in [0.2, 0.25) is 0 Å². The first-order chi connectivity index (χ1) is 13.9. The van der Waals surface area contributed by atoms with Gasteiger partial charge in [0.2, 0.25) is 0 Å². The average molecular weight is 473 g/mol. The van der Waals surface area contributed by atoms with E-state index in [9.17, 15) is 18.1 Å². The smallest absolute Gasteiger partial charge is 0.748 e. The summed E-state index contributed by atoms with van der Waals surface area (Å²) >= 11 is 0. The van der Waals surface area contributed by atoms with Crippen LogP contribution in [0.1, 0.15) is 142 Å². The molecule has 0 radical (unpaired) electrons. The molecule has 0 fully saturated rings. The predicted octanol–water partition coefficient (Wildman–Crippen LogP) is 4.11. The molecule has 2 unspecified atom stereocenters. The van der Waals surface area contributed by atoms with E-state index >= 15 is 0 Å². The molecule has 6 heteroatoms. The molecule has 4 nitrogen and oxygen atoms in total. The van der Waals surface area contributed by atoms with Crippen LogP contribution in [0.15, 0.2) is 0 Å². The zero-order valence-electron chi connectivity index (χ0n) is 20.4. The minimum Gasteiger partial charge on any atom is -0.748 e. The third-order valence-corrected chi connectivity index (χ3v) is 7.45. The Labute approximate surface area is 230 Å². The van der Waals surface area contributed by atoms with Gasteiger partial charge in [-0.2, -0.15) is 0 Å². The van der Waals surface area contributed by atoms with Gasteiger partial charge in [0.15, 0.2) is 0 Å². The van der Waals surface area contributed by atoms with Crippen molar-refractivity contribution in [3.05, 3.63) is 0 Å². The van der Waals surface area contributed by atoms with E-state index in [2.05, 4.69) is 6.92 Å². The van der Waals surface area contributed by atoms with Crippen molar-refractivity contribution in [1.29, 1.82) is 0 Å². The van der Waals surface area contributed by atoms with E-state index in [1.54, 1.807) is 6.92 Å². The third kappa shape index (κ3) is 22.7. The number of rotatable bonds is 22. The first-order valence-electron chi connectivity index (χ1n) is 12.5. The molecule has 0 aliphatic heterocycles. The van der Waals surface area contributed by atoms with E-state index in [1.165, 1.54) is 77.0 Å². The van der Waals surface area contributed by atoms with Gasteiger partial charge in [0.25, 0.3) is 0 Å². The maximum Gasteiger partial charge on any atom is 1.00 e. The molecule has 0 rings (SSSR count). The first-order valence-corrected chi connectivity index (χ1v) is 14.0. The first kappa shape index (κ1) is 33.7. The molecule has 2 atom stereocenters. The van der Waals surface area contributed by atoms with E-state index < -0.39 is 15.4 Å². The van der Waals surface area contributed by atoms with Gasteiger partial charge in [0.05, 0.1) is 16.2 Å². The molecular formula is C24H49KO4S. The summed E-state index contributed by atoms with van der Waals surface area (Å²) in [4.78, 5) is 0. The molecule has 0 aromatic carbocycles. The topological polar surface area (TPSA) is 77.4 Å². The van der Waals surface area contributed by atoms with Crippen LogP contribution in [0.25, 0.3) is 0 Å². The monoisotopic (exact) mass is 472 g/mol. The number of hydrogen-bond acceptors (Lipinski definition) is 4. The van der Waals surface area contributed by atoms with Crippen LogP contribution in [-0.4, -0.2) is 29.4 Å². The maximum atomic E-state index is 11.0. The van der Waals surface area contributed by atoms with Gasteiger partial charge >= 0.3 is 51.4 Å². The summed E-state index contributed by atoms with van der Waals surface area (Å²) < 4.78 is 33.1. The Hall–Kier alpha value is 1.51. The third-order valence-electron chi connectivity index (χ3n) is 6.07. The van der Waals surface area contributed by atoms with E-state index in [0.717, 1.165) is 38.5 Å². The predicted molar refractivity (Wildman–Crippen MR) is 123 cm³/mol. The molecule has 176 valence electrons. The molecule has 0 aromatic heterocycles. The Bertz CT molecular complexity index is 442. The zero-order valence-corrected chi connectivity index (χ0v) is 24.3. The Morgan fingerprint density at radius 2 is 0.967 bits per heavy atom. The van der Waals surface area contributed by atoms with E-state index in [0.29, 0.717) is 12.8 Å². The van der Waals surface area contributed by atoms with E-state index in [1.807, 2.05) is 0 Å². The number of unbranched alkanes of at least 4 members (excludes halogenated alkanes) is 14. The van der Waals surface area contributed by atoms with Crippen molar-refractivity contribution in [3.8, 4) is 0 Å². The number of aliphatic hydroxyl groups is 1. The standard InChI is InChI=1S/C24H50O4S.K/c1-3-5-6-14-17-20-23(25)21-18-15-12-10-8-7-9-11-13-16-19-22-24(4-2)29(26,27)28;/h23-25H,3-22H2,1-2H3,(H,26,27,28);/q;+1/p-1. The van der Waals surface area contributed by atoms with Gasteiger partial charge in [-0.05, 0) is 25.7 Å². The van der Waals surface area contributed by atoms with Crippen molar-refractivity contribution >= 4 is 10.1 Å². The summed E-state index contributed by atoms with van der Waals surface area (Å²) in [5.74, 6) is 0. The second kappa shape index (κ2) is 23.7. The van der Waals surface area contributed by atoms with Gasteiger partial charge in [0, 0.05) is 5.25 Å². The molecule has 0 spiro atoms. The summed E-state index contributed by atoms with van der Waals surface area (Å²) in [5.41, 5.74) is 0. The van der Waals surface area contributed by atoms with Crippen LogP contribution in [0.3, 0.4) is 0 Å². The van der Waals surface area contributed by atoms with Gasteiger partial charge < -0.3 is 9.66 Å². The van der Waals surface area contributed by atoms with Crippen LogP contribution in [-0.2, 0) is 10.1 Å². The Balaban J connectivity index is 0. The van der Waals surface area contributed by atoms with E-state index in [-0.39, 0.29) is 57.5 Å². The van der Waals surface area contributed by atoms with Gasteiger partial charge in [-0.1, -0.05) is 117 Å². The average Bonchev–Trinajstić information content (AvgIpc) is 2.67. The molecule has 0 heterocycles. The Morgan fingerprint density at radius 1 is 0.633 bits per heavy atom. The minimum absolute atomic E-state index is 0.